The zero-order chi connectivity index (χ0) is 19.4. The molecule has 1 saturated carbocycles. The molecule has 2 aliphatic rings. The van der Waals surface area contributed by atoms with Gasteiger partial charge in [0.05, 0.1) is 16.6 Å². The zero-order valence-electron chi connectivity index (χ0n) is 14.8. The number of carbonyl (C=O) groups excluding carboxylic acids is 2. The number of carbonyl (C=O) groups is 2. The minimum absolute atomic E-state index is 0.0185. The molecule has 1 amide bonds. The van der Waals surface area contributed by atoms with Crippen molar-refractivity contribution in [3.05, 3.63) is 33.9 Å². The van der Waals surface area contributed by atoms with Gasteiger partial charge in [0, 0.05) is 12.1 Å². The van der Waals surface area contributed by atoms with Crippen LogP contribution in [0.1, 0.15) is 38.2 Å². The van der Waals surface area contributed by atoms with Gasteiger partial charge < -0.3 is 19.5 Å². The SMILES string of the molecule is C[C@@H](OC(=O)/C=C/c1cc2c(cc1[N+](=O)[O-])OCO2)C(=O)NC1CCCC1. The maximum Gasteiger partial charge on any atom is 0.331 e. The van der Waals surface area contributed by atoms with Gasteiger partial charge in [-0.15, -0.1) is 0 Å². The lowest BCUT2D eigenvalue weighted by Crippen LogP contribution is -2.40. The van der Waals surface area contributed by atoms with Gasteiger partial charge in [0.25, 0.3) is 11.6 Å². The van der Waals surface area contributed by atoms with Crippen molar-refractivity contribution in [2.24, 2.45) is 0 Å². The summed E-state index contributed by atoms with van der Waals surface area (Å²) in [5.74, 6) is -0.481. The number of hydrogen-bond donors (Lipinski definition) is 1. The molecule has 144 valence electrons. The first-order valence-corrected chi connectivity index (χ1v) is 8.71. The third-order valence-corrected chi connectivity index (χ3v) is 4.48. The molecule has 0 spiro atoms. The molecule has 1 atom stereocenters. The fourth-order valence-electron chi connectivity index (χ4n) is 3.05. The van der Waals surface area contributed by atoms with Crippen LogP contribution in [-0.4, -0.2) is 35.7 Å². The second kappa shape index (κ2) is 8.07. The van der Waals surface area contributed by atoms with E-state index in [2.05, 4.69) is 5.32 Å². The second-order valence-electron chi connectivity index (χ2n) is 6.42. The van der Waals surface area contributed by atoms with Crippen LogP contribution in [-0.2, 0) is 14.3 Å². The van der Waals surface area contributed by atoms with E-state index in [1.165, 1.54) is 25.1 Å². The molecule has 1 aromatic rings. The van der Waals surface area contributed by atoms with E-state index in [0.29, 0.717) is 5.75 Å². The summed E-state index contributed by atoms with van der Waals surface area (Å²) in [6.45, 7) is 1.47. The van der Waals surface area contributed by atoms with Gasteiger partial charge in [0.1, 0.15) is 0 Å². The summed E-state index contributed by atoms with van der Waals surface area (Å²) in [7, 11) is 0. The van der Waals surface area contributed by atoms with Crippen molar-refractivity contribution >= 4 is 23.6 Å². The zero-order valence-corrected chi connectivity index (χ0v) is 14.8. The maximum absolute atomic E-state index is 12.0. The van der Waals surface area contributed by atoms with Crippen LogP contribution in [0.25, 0.3) is 6.08 Å². The smallest absolute Gasteiger partial charge is 0.331 e. The molecule has 1 heterocycles. The molecule has 9 heteroatoms. The highest BCUT2D eigenvalue weighted by Crippen LogP contribution is 2.38. The summed E-state index contributed by atoms with van der Waals surface area (Å²) < 4.78 is 15.4. The lowest BCUT2D eigenvalue weighted by molar-refractivity contribution is -0.385. The molecule has 0 bridgehead atoms. The normalized spacial score (nSPS) is 17.1. The Morgan fingerprint density at radius 1 is 1.30 bits per heavy atom. The van der Waals surface area contributed by atoms with E-state index in [0.717, 1.165) is 31.8 Å². The van der Waals surface area contributed by atoms with Crippen molar-refractivity contribution in [1.29, 1.82) is 0 Å². The first-order valence-electron chi connectivity index (χ1n) is 8.71. The van der Waals surface area contributed by atoms with Crippen LogP contribution in [0.2, 0.25) is 0 Å². The fraction of sp³-hybridized carbons (Fsp3) is 0.444. The van der Waals surface area contributed by atoms with Crippen molar-refractivity contribution < 1.29 is 28.7 Å². The third-order valence-electron chi connectivity index (χ3n) is 4.48. The molecule has 0 aromatic heterocycles. The van der Waals surface area contributed by atoms with Gasteiger partial charge in [-0.2, -0.15) is 0 Å². The molecule has 0 unspecified atom stereocenters. The number of nitro benzene ring substituents is 1. The van der Waals surface area contributed by atoms with Gasteiger partial charge in [-0.1, -0.05) is 12.8 Å². The minimum atomic E-state index is -0.950. The number of esters is 1. The van der Waals surface area contributed by atoms with Crippen molar-refractivity contribution in [3.8, 4) is 11.5 Å². The number of ether oxygens (including phenoxy) is 3. The first-order chi connectivity index (χ1) is 12.9. The minimum Gasteiger partial charge on any atom is -0.454 e. The van der Waals surface area contributed by atoms with Gasteiger partial charge in [-0.05, 0) is 31.9 Å². The van der Waals surface area contributed by atoms with Crippen molar-refractivity contribution in [1.82, 2.24) is 5.32 Å². The summed E-state index contributed by atoms with van der Waals surface area (Å²) in [4.78, 5) is 34.6. The Hall–Kier alpha value is -3.10. The van der Waals surface area contributed by atoms with E-state index < -0.39 is 17.0 Å². The van der Waals surface area contributed by atoms with E-state index in [1.807, 2.05) is 0 Å². The van der Waals surface area contributed by atoms with Crippen molar-refractivity contribution in [2.75, 3.05) is 6.79 Å². The van der Waals surface area contributed by atoms with Crippen LogP contribution >= 0.6 is 0 Å². The predicted molar refractivity (Wildman–Crippen MR) is 94.2 cm³/mol. The number of nitrogens with one attached hydrogen (secondary N) is 1. The number of amides is 1. The highest BCUT2D eigenvalue weighted by molar-refractivity contribution is 5.91. The van der Waals surface area contributed by atoms with Crippen LogP contribution in [0.5, 0.6) is 11.5 Å². The summed E-state index contributed by atoms with van der Waals surface area (Å²) in [6.07, 6.45) is 5.37. The molecule has 27 heavy (non-hydrogen) atoms. The van der Waals surface area contributed by atoms with Gasteiger partial charge in [-0.25, -0.2) is 4.79 Å². The van der Waals surface area contributed by atoms with E-state index in [1.54, 1.807) is 0 Å². The maximum atomic E-state index is 12.0. The first kappa shape index (κ1) is 18.7. The largest absolute Gasteiger partial charge is 0.454 e. The molecule has 1 aliphatic heterocycles. The lowest BCUT2D eigenvalue weighted by Gasteiger charge is -2.16. The molecule has 1 N–H and O–H groups in total. The van der Waals surface area contributed by atoms with Gasteiger partial charge in [0.2, 0.25) is 6.79 Å². The fourth-order valence-corrected chi connectivity index (χ4v) is 3.05. The monoisotopic (exact) mass is 376 g/mol. The highest BCUT2D eigenvalue weighted by atomic mass is 16.7. The number of fused-ring (bicyclic) bond motifs is 1. The molecule has 0 radical (unpaired) electrons. The highest BCUT2D eigenvalue weighted by Gasteiger charge is 2.24. The Morgan fingerprint density at radius 2 is 1.96 bits per heavy atom. The Kier molecular flexibility index (Phi) is 5.58. The second-order valence-corrected chi connectivity index (χ2v) is 6.42. The molecule has 1 aromatic carbocycles. The standard InChI is InChI=1S/C18H20N2O7/c1-11(18(22)19-13-4-2-3-5-13)27-17(21)7-6-12-8-15-16(26-10-25-15)9-14(12)20(23)24/h6-9,11,13H,2-5,10H2,1H3,(H,19,22)/b7-6+/t11-/m1/s1. The van der Waals surface area contributed by atoms with Gasteiger partial charge >= 0.3 is 5.97 Å². The molecular formula is C18H20N2O7. The van der Waals surface area contributed by atoms with E-state index >= 15 is 0 Å². The quantitative estimate of drug-likeness (QED) is 0.350. The average Bonchev–Trinajstić information content (AvgIpc) is 3.29. The molecular weight excluding hydrogens is 356 g/mol. The summed E-state index contributed by atoms with van der Waals surface area (Å²) in [6, 6.07) is 2.79. The Morgan fingerprint density at radius 3 is 2.63 bits per heavy atom. The number of rotatable bonds is 6. The molecule has 0 saturated heterocycles. The molecule has 9 nitrogen and oxygen atoms in total. The number of benzene rings is 1. The van der Waals surface area contributed by atoms with E-state index in [9.17, 15) is 19.7 Å². The Balaban J connectivity index is 1.62. The van der Waals surface area contributed by atoms with Crippen LogP contribution in [0.4, 0.5) is 5.69 Å². The molecule has 1 aliphatic carbocycles. The van der Waals surface area contributed by atoms with Crippen molar-refractivity contribution in [3.63, 3.8) is 0 Å². The van der Waals surface area contributed by atoms with E-state index in [-0.39, 0.29) is 35.7 Å². The molecule has 3 rings (SSSR count). The third kappa shape index (κ3) is 4.55. The van der Waals surface area contributed by atoms with Crippen molar-refractivity contribution in [2.45, 2.75) is 44.8 Å². The lowest BCUT2D eigenvalue weighted by atomic mass is 10.1. The Bertz CT molecular complexity index is 784. The predicted octanol–water partition coefficient (Wildman–Crippen LogP) is 2.33. The number of nitro groups is 1. The number of nitrogens with zero attached hydrogens (tertiary/aromatic N) is 1. The van der Waals surface area contributed by atoms with Crippen LogP contribution < -0.4 is 14.8 Å². The summed E-state index contributed by atoms with van der Waals surface area (Å²) >= 11 is 0. The molecule has 1 fully saturated rings. The summed E-state index contributed by atoms with van der Waals surface area (Å²) in [5, 5.41) is 14.1. The van der Waals surface area contributed by atoms with E-state index in [4.69, 9.17) is 14.2 Å². The van der Waals surface area contributed by atoms with Crippen LogP contribution in [0.3, 0.4) is 0 Å². The topological polar surface area (TPSA) is 117 Å². The van der Waals surface area contributed by atoms with Crippen LogP contribution in [0, 0.1) is 10.1 Å². The average molecular weight is 376 g/mol. The summed E-state index contributed by atoms with van der Waals surface area (Å²) in [5.41, 5.74) is -0.0559. The van der Waals surface area contributed by atoms with Gasteiger partial charge in [0.15, 0.2) is 17.6 Å². The van der Waals surface area contributed by atoms with Crippen LogP contribution in [0.15, 0.2) is 18.2 Å². The number of hydrogen-bond acceptors (Lipinski definition) is 7. The van der Waals surface area contributed by atoms with Gasteiger partial charge in [-0.3, -0.25) is 14.9 Å². The Labute approximate surface area is 155 Å².